The third-order valence-electron chi connectivity index (χ3n) is 3.66. The lowest BCUT2D eigenvalue weighted by molar-refractivity contribution is 0.229. The van der Waals surface area contributed by atoms with E-state index in [1.807, 2.05) is 0 Å². The summed E-state index contributed by atoms with van der Waals surface area (Å²) in [5, 5.41) is 3.42. The van der Waals surface area contributed by atoms with Gasteiger partial charge in [-0.3, -0.25) is 0 Å². The van der Waals surface area contributed by atoms with Gasteiger partial charge in [-0.2, -0.15) is 0 Å². The van der Waals surface area contributed by atoms with Gasteiger partial charge < -0.3 is 11.1 Å². The first-order valence-electron chi connectivity index (χ1n) is 6.38. The van der Waals surface area contributed by atoms with Gasteiger partial charge in [-0.05, 0) is 30.7 Å². The highest BCUT2D eigenvalue weighted by Crippen LogP contribution is 2.37. The fraction of sp³-hybridized carbons (Fsp3) is 0.571. The van der Waals surface area contributed by atoms with Gasteiger partial charge in [0.15, 0.2) is 0 Å². The maximum absolute atomic E-state index is 13.4. The molecular weight excluding hydrogens is 251 g/mol. The lowest BCUT2D eigenvalue weighted by Gasteiger charge is -2.36. The molecule has 1 saturated carbocycles. The summed E-state index contributed by atoms with van der Waals surface area (Å²) in [4.78, 5) is 0. The Morgan fingerprint density at radius 3 is 2.83 bits per heavy atom. The molecule has 1 aliphatic carbocycles. The molecule has 100 valence electrons. The first kappa shape index (κ1) is 13.5. The van der Waals surface area contributed by atoms with Gasteiger partial charge in [-0.25, -0.2) is 4.39 Å². The molecule has 1 fully saturated rings. The van der Waals surface area contributed by atoms with Crippen LogP contribution in [0.15, 0.2) is 12.1 Å². The van der Waals surface area contributed by atoms with Crippen molar-refractivity contribution in [2.45, 2.75) is 45.6 Å². The summed E-state index contributed by atoms with van der Waals surface area (Å²) in [7, 11) is 0. The second-order valence-electron chi connectivity index (χ2n) is 5.96. The molecule has 0 aromatic heterocycles. The number of nitrogen functional groups attached to an aromatic ring is 1. The van der Waals surface area contributed by atoms with Gasteiger partial charge in [-0.15, -0.1) is 0 Å². The van der Waals surface area contributed by atoms with Gasteiger partial charge in [0.2, 0.25) is 0 Å². The maximum atomic E-state index is 13.4. The zero-order chi connectivity index (χ0) is 13.3. The summed E-state index contributed by atoms with van der Waals surface area (Å²) in [6.07, 6.45) is 4.63. The first-order chi connectivity index (χ1) is 8.37. The van der Waals surface area contributed by atoms with Crippen LogP contribution >= 0.6 is 11.6 Å². The van der Waals surface area contributed by atoms with E-state index in [4.69, 9.17) is 17.3 Å². The van der Waals surface area contributed by atoms with Crippen LogP contribution in [-0.2, 0) is 0 Å². The van der Waals surface area contributed by atoms with E-state index < -0.39 is 5.82 Å². The molecule has 1 aliphatic rings. The standard InChI is InChI=1S/C14H20ClFN2/c1-14(2)5-3-4-9(8-14)18-13-7-11(16)10(15)6-12(13)17/h6-7,9,18H,3-5,8,17H2,1-2H3. The number of rotatable bonds is 2. The van der Waals surface area contributed by atoms with E-state index in [9.17, 15) is 4.39 Å². The molecule has 0 amide bonds. The summed E-state index contributed by atoms with van der Waals surface area (Å²) in [6.45, 7) is 4.54. The summed E-state index contributed by atoms with van der Waals surface area (Å²) in [5.41, 5.74) is 7.36. The number of nitrogens with two attached hydrogens (primary N) is 1. The molecule has 3 N–H and O–H groups in total. The third-order valence-corrected chi connectivity index (χ3v) is 3.95. The molecule has 0 saturated heterocycles. The van der Waals surface area contributed by atoms with E-state index in [1.165, 1.54) is 25.0 Å². The summed E-state index contributed by atoms with van der Waals surface area (Å²) in [5.74, 6) is -0.427. The topological polar surface area (TPSA) is 38.0 Å². The lowest BCUT2D eigenvalue weighted by atomic mass is 9.75. The smallest absolute Gasteiger partial charge is 0.143 e. The van der Waals surface area contributed by atoms with Gasteiger partial charge in [0, 0.05) is 12.1 Å². The largest absolute Gasteiger partial charge is 0.397 e. The molecule has 2 nitrogen and oxygen atoms in total. The van der Waals surface area contributed by atoms with Crippen molar-refractivity contribution in [3.05, 3.63) is 23.0 Å². The number of benzene rings is 1. The van der Waals surface area contributed by atoms with Crippen molar-refractivity contribution >= 4 is 23.0 Å². The monoisotopic (exact) mass is 270 g/mol. The Kier molecular flexibility index (Phi) is 3.71. The van der Waals surface area contributed by atoms with Gasteiger partial charge in [0.05, 0.1) is 16.4 Å². The maximum Gasteiger partial charge on any atom is 0.143 e. The Labute approximate surface area is 113 Å². The fourth-order valence-corrected chi connectivity index (χ4v) is 2.90. The Hall–Kier alpha value is -0.960. The molecule has 0 aliphatic heterocycles. The molecule has 1 aromatic rings. The fourth-order valence-electron chi connectivity index (χ4n) is 2.73. The van der Waals surface area contributed by atoms with Crippen LogP contribution in [0, 0.1) is 11.2 Å². The zero-order valence-corrected chi connectivity index (χ0v) is 11.6. The second-order valence-corrected chi connectivity index (χ2v) is 6.36. The van der Waals surface area contributed by atoms with Crippen LogP contribution in [0.5, 0.6) is 0 Å². The molecule has 0 spiro atoms. The van der Waals surface area contributed by atoms with Gasteiger partial charge >= 0.3 is 0 Å². The van der Waals surface area contributed by atoms with E-state index >= 15 is 0 Å². The summed E-state index contributed by atoms with van der Waals surface area (Å²) in [6, 6.07) is 3.21. The van der Waals surface area contributed by atoms with E-state index in [2.05, 4.69) is 19.2 Å². The highest BCUT2D eigenvalue weighted by molar-refractivity contribution is 6.31. The summed E-state index contributed by atoms with van der Waals surface area (Å²) >= 11 is 5.69. The minimum absolute atomic E-state index is 0.0713. The predicted octanol–water partition coefficient (Wildman–Crippen LogP) is 4.44. The molecule has 18 heavy (non-hydrogen) atoms. The molecule has 1 atom stereocenters. The van der Waals surface area contributed by atoms with Crippen LogP contribution in [0.4, 0.5) is 15.8 Å². The number of halogens is 2. The average molecular weight is 271 g/mol. The van der Waals surface area contributed by atoms with Crippen molar-refractivity contribution in [1.29, 1.82) is 0 Å². The Morgan fingerprint density at radius 2 is 2.17 bits per heavy atom. The van der Waals surface area contributed by atoms with Crippen molar-refractivity contribution < 1.29 is 4.39 Å². The normalized spacial score (nSPS) is 22.8. The lowest BCUT2D eigenvalue weighted by Crippen LogP contribution is -2.32. The van der Waals surface area contributed by atoms with Gasteiger partial charge in [0.25, 0.3) is 0 Å². The van der Waals surface area contributed by atoms with Crippen LogP contribution in [-0.4, -0.2) is 6.04 Å². The predicted molar refractivity (Wildman–Crippen MR) is 75.5 cm³/mol. The van der Waals surface area contributed by atoms with Crippen LogP contribution in [0.3, 0.4) is 0 Å². The minimum atomic E-state index is -0.427. The highest BCUT2D eigenvalue weighted by Gasteiger charge is 2.28. The van der Waals surface area contributed by atoms with E-state index in [0.29, 0.717) is 22.8 Å². The van der Waals surface area contributed by atoms with Crippen molar-refractivity contribution in [3.63, 3.8) is 0 Å². The quantitative estimate of drug-likeness (QED) is 0.780. The third kappa shape index (κ3) is 3.08. The van der Waals surface area contributed by atoms with Crippen LogP contribution < -0.4 is 11.1 Å². The minimum Gasteiger partial charge on any atom is -0.397 e. The highest BCUT2D eigenvalue weighted by atomic mass is 35.5. The average Bonchev–Trinajstić information content (AvgIpc) is 2.24. The molecule has 0 heterocycles. The van der Waals surface area contributed by atoms with Gasteiger partial charge in [-0.1, -0.05) is 31.9 Å². The van der Waals surface area contributed by atoms with Crippen LogP contribution in [0.25, 0.3) is 0 Å². The van der Waals surface area contributed by atoms with Crippen molar-refractivity contribution in [2.75, 3.05) is 11.1 Å². The molecular formula is C14H20ClFN2. The van der Waals surface area contributed by atoms with E-state index in [1.54, 1.807) is 0 Å². The van der Waals surface area contributed by atoms with Crippen molar-refractivity contribution in [1.82, 2.24) is 0 Å². The molecule has 4 heteroatoms. The Bertz CT molecular complexity index is 446. The number of anilines is 2. The van der Waals surface area contributed by atoms with Crippen molar-refractivity contribution in [3.8, 4) is 0 Å². The van der Waals surface area contributed by atoms with Crippen LogP contribution in [0.2, 0.25) is 5.02 Å². The zero-order valence-electron chi connectivity index (χ0n) is 10.9. The molecule has 1 unspecified atom stereocenters. The molecule has 2 rings (SSSR count). The first-order valence-corrected chi connectivity index (χ1v) is 6.76. The molecule has 1 aromatic carbocycles. The SMILES string of the molecule is CC1(C)CCCC(Nc2cc(F)c(Cl)cc2N)C1. The number of hydrogen-bond acceptors (Lipinski definition) is 2. The van der Waals surface area contributed by atoms with E-state index in [0.717, 1.165) is 12.8 Å². The molecule has 0 bridgehead atoms. The number of nitrogens with one attached hydrogen (secondary N) is 1. The second kappa shape index (κ2) is 4.96. The Balaban J connectivity index is 2.12. The van der Waals surface area contributed by atoms with Crippen molar-refractivity contribution in [2.24, 2.45) is 5.41 Å². The van der Waals surface area contributed by atoms with E-state index in [-0.39, 0.29) is 5.02 Å². The van der Waals surface area contributed by atoms with Gasteiger partial charge in [0.1, 0.15) is 5.82 Å². The Morgan fingerprint density at radius 1 is 1.44 bits per heavy atom. The van der Waals surface area contributed by atoms with Crippen LogP contribution in [0.1, 0.15) is 39.5 Å². The number of hydrogen-bond donors (Lipinski definition) is 2. The summed E-state index contributed by atoms with van der Waals surface area (Å²) < 4.78 is 13.4. The molecule has 0 radical (unpaired) electrons.